The molecule has 1 aliphatic carbocycles. The van der Waals surface area contributed by atoms with Crippen LogP contribution in [0.4, 0.5) is 0 Å². The van der Waals surface area contributed by atoms with Crippen LogP contribution in [-0.2, 0) is 23.4 Å². The Morgan fingerprint density at radius 1 is 1.19 bits per heavy atom. The van der Waals surface area contributed by atoms with Crippen molar-refractivity contribution >= 4 is 14.3 Å². The highest BCUT2D eigenvalue weighted by Crippen LogP contribution is 2.43. The third-order valence-electron chi connectivity index (χ3n) is 7.22. The molecule has 0 amide bonds. The largest absolute Gasteiger partial charge is 0.481 e. The van der Waals surface area contributed by atoms with E-state index < -0.39 is 14.3 Å². The van der Waals surface area contributed by atoms with Crippen LogP contribution in [0, 0.1) is 5.92 Å². The summed E-state index contributed by atoms with van der Waals surface area (Å²) in [5, 5.41) is 8.99. The second-order valence-corrected chi connectivity index (χ2v) is 15.3. The summed E-state index contributed by atoms with van der Waals surface area (Å²) in [6, 6.07) is 0.276. The van der Waals surface area contributed by atoms with Crippen molar-refractivity contribution in [2.75, 3.05) is 40.2 Å². The van der Waals surface area contributed by atoms with Gasteiger partial charge in [-0.3, -0.25) is 9.69 Å². The van der Waals surface area contributed by atoms with Gasteiger partial charge < -0.3 is 23.7 Å². The zero-order valence-corrected chi connectivity index (χ0v) is 22.0. The SMILES string of the molecule is COCO[C@@H]1C[C@H](O[Si](C)(C)C(C)(C)C)[C@@H](N2CCOCC2)[C@@H]1CC=CCCCC(=O)O. The molecule has 0 radical (unpaired) electrons. The van der Waals surface area contributed by atoms with Crippen molar-refractivity contribution in [1.82, 2.24) is 4.90 Å². The topological polar surface area (TPSA) is 77.5 Å². The minimum Gasteiger partial charge on any atom is -0.481 e. The zero-order valence-electron chi connectivity index (χ0n) is 21.0. The van der Waals surface area contributed by atoms with Gasteiger partial charge in [-0.1, -0.05) is 32.9 Å². The first kappa shape index (κ1) is 27.5. The number of ether oxygens (including phenoxy) is 3. The van der Waals surface area contributed by atoms with E-state index in [-0.39, 0.29) is 36.5 Å². The maximum absolute atomic E-state index is 10.7. The molecule has 1 N–H and O–H groups in total. The molecule has 2 fully saturated rings. The van der Waals surface area contributed by atoms with Crippen LogP contribution >= 0.6 is 0 Å². The molecule has 0 aromatic rings. The van der Waals surface area contributed by atoms with Crippen molar-refractivity contribution < 1.29 is 28.5 Å². The maximum atomic E-state index is 10.7. The van der Waals surface area contributed by atoms with Gasteiger partial charge in [0.2, 0.25) is 0 Å². The first-order valence-corrected chi connectivity index (χ1v) is 14.9. The molecular weight excluding hydrogens is 426 g/mol. The number of methoxy groups -OCH3 is 1. The lowest BCUT2D eigenvalue weighted by atomic mass is 9.94. The van der Waals surface area contributed by atoms with Crippen LogP contribution in [0.25, 0.3) is 0 Å². The molecule has 1 heterocycles. The smallest absolute Gasteiger partial charge is 0.303 e. The van der Waals surface area contributed by atoms with Gasteiger partial charge in [0, 0.05) is 45.0 Å². The van der Waals surface area contributed by atoms with Gasteiger partial charge in [0.15, 0.2) is 8.32 Å². The minimum absolute atomic E-state index is 0.0706. The lowest BCUT2D eigenvalue weighted by Gasteiger charge is -2.43. The fourth-order valence-electron chi connectivity index (χ4n) is 4.47. The van der Waals surface area contributed by atoms with Gasteiger partial charge in [-0.05, 0) is 37.4 Å². The van der Waals surface area contributed by atoms with Crippen molar-refractivity contribution in [3.8, 4) is 0 Å². The van der Waals surface area contributed by atoms with Crippen LogP contribution in [0.3, 0.4) is 0 Å². The van der Waals surface area contributed by atoms with Gasteiger partial charge >= 0.3 is 5.97 Å². The van der Waals surface area contributed by atoms with Crippen LogP contribution in [0.2, 0.25) is 18.1 Å². The molecule has 2 rings (SSSR count). The molecule has 0 aromatic heterocycles. The molecule has 8 heteroatoms. The highest BCUT2D eigenvalue weighted by atomic mass is 28.4. The summed E-state index contributed by atoms with van der Waals surface area (Å²) in [7, 11) is -0.282. The van der Waals surface area contributed by atoms with Crippen LogP contribution in [0.5, 0.6) is 0 Å². The molecule has 186 valence electrons. The molecule has 0 unspecified atom stereocenters. The number of carboxylic acid groups (broad SMARTS) is 1. The van der Waals surface area contributed by atoms with E-state index in [4.69, 9.17) is 23.7 Å². The fourth-order valence-corrected chi connectivity index (χ4v) is 5.82. The number of rotatable bonds is 12. The molecule has 0 bridgehead atoms. The first-order valence-electron chi connectivity index (χ1n) is 12.0. The quantitative estimate of drug-likeness (QED) is 0.197. The van der Waals surface area contributed by atoms with Crippen LogP contribution in [-0.4, -0.2) is 82.7 Å². The Morgan fingerprint density at radius 2 is 1.88 bits per heavy atom. The minimum atomic E-state index is -1.94. The van der Waals surface area contributed by atoms with Crippen molar-refractivity contribution in [1.29, 1.82) is 0 Å². The molecule has 2 aliphatic rings. The molecule has 32 heavy (non-hydrogen) atoms. The summed E-state index contributed by atoms with van der Waals surface area (Å²) < 4.78 is 24.0. The van der Waals surface area contributed by atoms with E-state index in [1.54, 1.807) is 7.11 Å². The molecule has 1 aliphatic heterocycles. The number of hydrogen-bond acceptors (Lipinski definition) is 6. The summed E-state index contributed by atoms with van der Waals surface area (Å²) in [5.41, 5.74) is 0. The van der Waals surface area contributed by atoms with Crippen LogP contribution < -0.4 is 0 Å². The van der Waals surface area contributed by atoms with E-state index in [0.717, 1.165) is 45.6 Å². The molecule has 1 saturated carbocycles. The number of hydrogen-bond donors (Lipinski definition) is 1. The zero-order chi connectivity index (χ0) is 23.8. The Morgan fingerprint density at radius 3 is 2.47 bits per heavy atom. The van der Waals surface area contributed by atoms with Gasteiger partial charge in [0.25, 0.3) is 0 Å². The highest BCUT2D eigenvalue weighted by molar-refractivity contribution is 6.74. The molecule has 7 nitrogen and oxygen atoms in total. The highest BCUT2D eigenvalue weighted by Gasteiger charge is 2.50. The lowest BCUT2D eigenvalue weighted by Crippen LogP contribution is -2.54. The van der Waals surface area contributed by atoms with E-state index in [1.807, 2.05) is 0 Å². The number of aliphatic carboxylic acids is 1. The number of unbranched alkanes of at least 4 members (excludes halogenated alkanes) is 1. The number of allylic oxidation sites excluding steroid dienone is 2. The van der Waals surface area contributed by atoms with Crippen molar-refractivity contribution in [2.45, 2.75) is 89.3 Å². The summed E-state index contributed by atoms with van der Waals surface area (Å²) in [6.07, 6.45) is 7.95. The predicted molar refractivity (Wildman–Crippen MR) is 128 cm³/mol. The summed E-state index contributed by atoms with van der Waals surface area (Å²) in [6.45, 7) is 15.1. The monoisotopic (exact) mass is 471 g/mol. The Labute approximate surface area is 195 Å². The fraction of sp³-hybridized carbons (Fsp3) is 0.875. The maximum Gasteiger partial charge on any atom is 0.303 e. The third kappa shape index (κ3) is 7.92. The Bertz CT molecular complexity index is 600. The summed E-state index contributed by atoms with van der Waals surface area (Å²) in [5.74, 6) is -0.436. The van der Waals surface area contributed by atoms with E-state index in [1.165, 1.54) is 0 Å². The number of carbonyl (C=O) groups is 1. The average molecular weight is 472 g/mol. The standard InChI is InChI=1S/C24H45NO6Si/c1-24(2,3)32(5,6)31-21-17-20(30-18-28-4)19(11-9-7-8-10-12-22(26)27)23(21)25-13-15-29-16-14-25/h7,9,19-21,23H,8,10-18H2,1-6H3,(H,26,27)/t19-,20-,21+,23+/m1/s1. The molecule has 4 atom stereocenters. The number of nitrogens with zero attached hydrogens (tertiary/aromatic N) is 1. The third-order valence-corrected chi connectivity index (χ3v) is 11.7. The second kappa shape index (κ2) is 12.6. The van der Waals surface area contributed by atoms with Crippen LogP contribution in [0.1, 0.15) is 52.9 Å². The summed E-state index contributed by atoms with van der Waals surface area (Å²) in [4.78, 5) is 13.3. The van der Waals surface area contributed by atoms with E-state index in [2.05, 4.69) is 50.9 Å². The van der Waals surface area contributed by atoms with Gasteiger partial charge in [0.05, 0.1) is 25.4 Å². The number of morpholine rings is 1. The van der Waals surface area contributed by atoms with Crippen molar-refractivity contribution in [3.63, 3.8) is 0 Å². The molecular formula is C24H45NO6Si. The van der Waals surface area contributed by atoms with Gasteiger partial charge in [-0.15, -0.1) is 0 Å². The summed E-state index contributed by atoms with van der Waals surface area (Å²) >= 11 is 0. The van der Waals surface area contributed by atoms with E-state index in [9.17, 15) is 4.79 Å². The molecule has 1 saturated heterocycles. The normalized spacial score (nSPS) is 27.9. The van der Waals surface area contributed by atoms with Crippen molar-refractivity contribution in [2.24, 2.45) is 5.92 Å². The molecule has 0 aromatic carbocycles. The van der Waals surface area contributed by atoms with E-state index in [0.29, 0.717) is 12.3 Å². The van der Waals surface area contributed by atoms with Crippen molar-refractivity contribution in [3.05, 3.63) is 12.2 Å². The molecule has 0 spiro atoms. The van der Waals surface area contributed by atoms with E-state index >= 15 is 0 Å². The Kier molecular flexibility index (Phi) is 10.8. The Balaban J connectivity index is 2.19. The number of carboxylic acids is 1. The predicted octanol–water partition coefficient (Wildman–Crippen LogP) is 4.29. The Hall–Kier alpha value is -0.773. The average Bonchev–Trinajstić information content (AvgIpc) is 3.04. The van der Waals surface area contributed by atoms with Crippen LogP contribution in [0.15, 0.2) is 12.2 Å². The van der Waals surface area contributed by atoms with Gasteiger partial charge in [0.1, 0.15) is 6.79 Å². The van der Waals surface area contributed by atoms with Gasteiger partial charge in [-0.25, -0.2) is 0 Å². The lowest BCUT2D eigenvalue weighted by molar-refractivity contribution is -0.137. The second-order valence-electron chi connectivity index (χ2n) is 10.6. The van der Waals surface area contributed by atoms with Gasteiger partial charge in [-0.2, -0.15) is 0 Å². The first-order chi connectivity index (χ1) is 15.1.